The molecule has 0 spiro atoms. The molecular formula is C37H31N3O6S3. The van der Waals surface area contributed by atoms with E-state index in [1.165, 1.54) is 10.5 Å². The van der Waals surface area contributed by atoms with Crippen LogP contribution in [0, 0.1) is 0 Å². The highest BCUT2D eigenvalue weighted by atomic mass is 32.2. The van der Waals surface area contributed by atoms with E-state index in [-0.39, 0.29) is 16.4 Å². The number of carboxylic acid groups (broad SMARTS) is 2. The van der Waals surface area contributed by atoms with Crippen molar-refractivity contribution in [3.8, 4) is 0 Å². The first-order valence-electron chi connectivity index (χ1n) is 15.9. The summed E-state index contributed by atoms with van der Waals surface area (Å²) in [5, 5.41) is 18.9. The highest BCUT2D eigenvalue weighted by molar-refractivity contribution is 8.30. The van der Waals surface area contributed by atoms with Gasteiger partial charge in [-0.05, 0) is 84.5 Å². The molecule has 49 heavy (non-hydrogen) atoms. The molecule has 4 aromatic rings. The van der Waals surface area contributed by atoms with Gasteiger partial charge >= 0.3 is 11.9 Å². The fraction of sp³-hybridized carbons (Fsp3) is 0.216. The molecule has 0 radical (unpaired) electrons. The number of amides is 1. The summed E-state index contributed by atoms with van der Waals surface area (Å²) in [6.45, 7) is 1.66. The van der Waals surface area contributed by atoms with Crippen LogP contribution >= 0.6 is 35.3 Å². The fourth-order valence-electron chi connectivity index (χ4n) is 6.93. The van der Waals surface area contributed by atoms with Crippen molar-refractivity contribution in [2.75, 3.05) is 11.4 Å². The quantitative estimate of drug-likeness (QED) is 0.181. The summed E-state index contributed by atoms with van der Waals surface area (Å²) in [5.41, 5.74) is 5.90. The lowest BCUT2D eigenvalue weighted by molar-refractivity contribution is -0.137. The number of thiazole rings is 1. The first kappa shape index (κ1) is 32.8. The van der Waals surface area contributed by atoms with Crippen LogP contribution in [0.2, 0.25) is 0 Å². The van der Waals surface area contributed by atoms with Gasteiger partial charge in [-0.15, -0.1) is 11.3 Å². The number of fused-ring (bicyclic) bond motifs is 3. The molecule has 2 N–H and O–H groups in total. The Bertz CT molecular complexity index is 2260. The van der Waals surface area contributed by atoms with Crippen LogP contribution in [-0.2, 0) is 16.1 Å². The lowest BCUT2D eigenvalue weighted by Crippen LogP contribution is -2.35. The molecule has 12 heteroatoms. The Labute approximate surface area is 295 Å². The molecule has 3 aromatic carbocycles. The number of rotatable bonds is 8. The SMILES string of the molecule is CCN1C(=O)/C(=c2\s/c(=C\c3ccc4c(c3)C3CCCC3N4c3ccc(/C=C/c4cccc(C(=O)O)c4)cc3)c(=O)n2CC(=O)O)SC1=S. The first-order valence-corrected chi connectivity index (χ1v) is 17.9. The molecule has 1 amide bonds. The molecule has 2 unspecified atom stereocenters. The molecule has 3 aliphatic rings. The summed E-state index contributed by atoms with van der Waals surface area (Å²) in [6.07, 6.45) is 8.91. The Morgan fingerprint density at radius 3 is 2.43 bits per heavy atom. The van der Waals surface area contributed by atoms with Crippen LogP contribution in [0.5, 0.6) is 0 Å². The predicted octanol–water partition coefficient (Wildman–Crippen LogP) is 5.47. The molecule has 7 rings (SSSR count). The Kier molecular flexibility index (Phi) is 8.86. The normalized spacial score (nSPS) is 20.1. The van der Waals surface area contributed by atoms with Crippen molar-refractivity contribution in [2.45, 2.75) is 44.7 Å². The van der Waals surface area contributed by atoms with Gasteiger partial charge in [0.15, 0.2) is 0 Å². The summed E-state index contributed by atoms with van der Waals surface area (Å²) >= 11 is 7.58. The van der Waals surface area contributed by atoms with E-state index in [9.17, 15) is 29.4 Å². The number of aromatic nitrogens is 1. The number of carbonyl (C=O) groups excluding carboxylic acids is 1. The predicted molar refractivity (Wildman–Crippen MR) is 198 cm³/mol. The minimum atomic E-state index is -1.17. The van der Waals surface area contributed by atoms with Crippen molar-refractivity contribution in [3.63, 3.8) is 0 Å². The topological polar surface area (TPSA) is 120 Å². The van der Waals surface area contributed by atoms with E-state index in [2.05, 4.69) is 41.3 Å². The minimum absolute atomic E-state index is 0.250. The van der Waals surface area contributed by atoms with Crippen molar-refractivity contribution >= 4 is 92.0 Å². The molecule has 1 aliphatic carbocycles. The number of thioether (sulfide) groups is 1. The zero-order valence-corrected chi connectivity index (χ0v) is 28.8. The van der Waals surface area contributed by atoms with E-state index in [0.717, 1.165) is 75.0 Å². The maximum absolute atomic E-state index is 13.5. The van der Waals surface area contributed by atoms with Crippen LogP contribution in [0.25, 0.3) is 23.1 Å². The number of aromatic carboxylic acids is 1. The first-order chi connectivity index (χ1) is 23.6. The van der Waals surface area contributed by atoms with Crippen LogP contribution in [0.4, 0.5) is 11.4 Å². The van der Waals surface area contributed by atoms with E-state index in [0.29, 0.717) is 32.0 Å². The zero-order valence-electron chi connectivity index (χ0n) is 26.4. The van der Waals surface area contributed by atoms with Crippen LogP contribution in [0.3, 0.4) is 0 Å². The van der Waals surface area contributed by atoms with Crippen molar-refractivity contribution in [1.82, 2.24) is 9.47 Å². The van der Waals surface area contributed by atoms with Crippen LogP contribution in [0.15, 0.2) is 71.5 Å². The third-order valence-electron chi connectivity index (χ3n) is 9.15. The number of hydrogen-bond donors (Lipinski definition) is 2. The van der Waals surface area contributed by atoms with Crippen LogP contribution in [0.1, 0.15) is 64.7 Å². The van der Waals surface area contributed by atoms with Crippen LogP contribution in [-0.4, -0.2) is 54.4 Å². The number of nitrogens with zero attached hydrogens (tertiary/aromatic N) is 3. The van der Waals surface area contributed by atoms with Gasteiger partial charge in [-0.2, -0.15) is 0 Å². The molecule has 248 valence electrons. The highest BCUT2D eigenvalue weighted by Crippen LogP contribution is 2.52. The number of benzene rings is 3. The zero-order chi connectivity index (χ0) is 34.4. The van der Waals surface area contributed by atoms with Gasteiger partial charge in [-0.25, -0.2) is 4.79 Å². The average molecular weight is 710 g/mol. The minimum Gasteiger partial charge on any atom is -0.480 e. The Hall–Kier alpha value is -4.78. The average Bonchev–Trinajstić information content (AvgIpc) is 3.83. The molecule has 3 heterocycles. The number of hydrogen-bond acceptors (Lipinski definition) is 8. The van der Waals surface area contributed by atoms with Crippen molar-refractivity contribution < 1.29 is 24.6 Å². The Morgan fingerprint density at radius 2 is 1.71 bits per heavy atom. The van der Waals surface area contributed by atoms with E-state index in [1.807, 2.05) is 31.2 Å². The number of aliphatic carboxylic acids is 1. The van der Waals surface area contributed by atoms with E-state index >= 15 is 0 Å². The van der Waals surface area contributed by atoms with Crippen molar-refractivity contribution in [1.29, 1.82) is 0 Å². The monoisotopic (exact) mass is 709 g/mol. The van der Waals surface area contributed by atoms with Gasteiger partial charge in [0, 0.05) is 29.9 Å². The molecule has 1 aromatic heterocycles. The summed E-state index contributed by atoms with van der Waals surface area (Å²) in [6, 6.07) is 21.7. The van der Waals surface area contributed by atoms with Gasteiger partial charge in [0.25, 0.3) is 11.5 Å². The second kappa shape index (κ2) is 13.3. The summed E-state index contributed by atoms with van der Waals surface area (Å²) in [4.78, 5) is 53.8. The summed E-state index contributed by atoms with van der Waals surface area (Å²) in [5.74, 6) is -2.09. The number of thiocarbonyl (C=S) groups is 1. The van der Waals surface area contributed by atoms with Gasteiger partial charge in [0.2, 0.25) is 0 Å². The lowest BCUT2D eigenvalue weighted by Gasteiger charge is -2.27. The van der Waals surface area contributed by atoms with Gasteiger partial charge in [0.1, 0.15) is 20.4 Å². The van der Waals surface area contributed by atoms with Gasteiger partial charge < -0.3 is 15.1 Å². The van der Waals surface area contributed by atoms with Gasteiger partial charge in [-0.1, -0.05) is 72.9 Å². The molecule has 2 aliphatic heterocycles. The second-order valence-corrected chi connectivity index (χ2v) is 14.8. The number of carboxylic acids is 2. The maximum atomic E-state index is 13.5. The second-order valence-electron chi connectivity index (χ2n) is 12.1. The number of carbonyl (C=O) groups is 3. The third kappa shape index (κ3) is 6.16. The summed E-state index contributed by atoms with van der Waals surface area (Å²) in [7, 11) is 0. The third-order valence-corrected chi connectivity index (χ3v) is 11.9. The van der Waals surface area contributed by atoms with E-state index in [4.69, 9.17) is 12.2 Å². The molecule has 1 saturated heterocycles. The van der Waals surface area contributed by atoms with E-state index in [1.54, 1.807) is 24.3 Å². The lowest BCUT2D eigenvalue weighted by atomic mass is 9.96. The van der Waals surface area contributed by atoms with Crippen molar-refractivity contribution in [2.24, 2.45) is 0 Å². The van der Waals surface area contributed by atoms with Gasteiger partial charge in [-0.3, -0.25) is 23.9 Å². The Balaban J connectivity index is 1.21. The van der Waals surface area contributed by atoms with Crippen LogP contribution < -0.4 is 19.7 Å². The number of anilines is 2. The Morgan fingerprint density at radius 1 is 0.959 bits per heavy atom. The fourth-order valence-corrected chi connectivity index (χ4v) is 9.57. The molecule has 2 fully saturated rings. The molecule has 9 nitrogen and oxygen atoms in total. The molecule has 0 bridgehead atoms. The summed E-state index contributed by atoms with van der Waals surface area (Å²) < 4.78 is 2.21. The van der Waals surface area contributed by atoms with Gasteiger partial charge in [0.05, 0.1) is 10.1 Å². The largest absolute Gasteiger partial charge is 0.480 e. The highest BCUT2D eigenvalue weighted by Gasteiger charge is 2.42. The van der Waals surface area contributed by atoms with Crippen molar-refractivity contribution in [3.05, 3.63) is 114 Å². The maximum Gasteiger partial charge on any atom is 0.335 e. The molecule has 2 atom stereocenters. The smallest absolute Gasteiger partial charge is 0.335 e. The van der Waals surface area contributed by atoms with E-state index < -0.39 is 24.0 Å². The molecule has 1 saturated carbocycles. The molecular weight excluding hydrogens is 679 g/mol. The standard InChI is InChI=1S/C37H31N3O6S3/c1-2-38-34(44)32(49-37(38)47)35-39(20-31(41)42)33(43)30(48-35)19-23-13-16-29-27(18-23)26-7-4-8-28(26)40(29)25-14-11-21(12-15-25)9-10-22-5-3-6-24(17-22)36(45)46/h3,5-6,9-19,26,28H,2,4,7-8,20H2,1H3,(H,41,42)(H,45,46)/b10-9+,30-19-,35-32+.